The summed E-state index contributed by atoms with van der Waals surface area (Å²) in [7, 11) is 0. The number of nitrogens with zero attached hydrogens (tertiary/aromatic N) is 4. The Hall–Kier alpha value is -0.410. The van der Waals surface area contributed by atoms with Crippen molar-refractivity contribution >= 4 is 56.8 Å². The third-order valence-electron chi connectivity index (χ3n) is 1.63. The quantitative estimate of drug-likeness (QED) is 0.470. The fraction of sp³-hybridized carbons (Fsp3) is 0.333. The molecular formula is C12H15ClI2N4O4. The molecule has 0 saturated carbocycles. The molecule has 0 aliphatic heterocycles. The molecule has 2 aromatic heterocycles. The van der Waals surface area contributed by atoms with Gasteiger partial charge in [-0.25, -0.2) is 19.9 Å². The molecule has 8 nitrogen and oxygen atoms in total. The second-order valence-corrected chi connectivity index (χ2v) is 5.96. The maximum Gasteiger partial charge on any atom is 0.232 e. The molecule has 0 bridgehead atoms. The van der Waals surface area contributed by atoms with Gasteiger partial charge in [0.2, 0.25) is 5.88 Å². The predicted molar refractivity (Wildman–Crippen MR) is 101 cm³/mol. The summed E-state index contributed by atoms with van der Waals surface area (Å²) in [5.74, 6) is 0.444. The molecule has 128 valence electrons. The largest absolute Gasteiger partial charge is 0.474 e. The smallest absolute Gasteiger partial charge is 0.232 e. The van der Waals surface area contributed by atoms with E-state index in [9.17, 15) is 0 Å². The minimum Gasteiger partial charge on any atom is -0.474 e. The summed E-state index contributed by atoms with van der Waals surface area (Å²) in [6.45, 7) is 0.00292. The summed E-state index contributed by atoms with van der Waals surface area (Å²) < 4.78 is 6.66. The van der Waals surface area contributed by atoms with Crippen LogP contribution in [-0.4, -0.2) is 61.7 Å². The SMILES string of the molecule is Clc1cnc(I)cn1.OCCO.OCCOc1cnc(I)cn1. The Morgan fingerprint density at radius 1 is 0.826 bits per heavy atom. The molecule has 23 heavy (non-hydrogen) atoms. The second-order valence-electron chi connectivity index (χ2n) is 3.36. The lowest BCUT2D eigenvalue weighted by atomic mass is 10.7. The van der Waals surface area contributed by atoms with Crippen LogP contribution in [0.4, 0.5) is 0 Å². The van der Waals surface area contributed by atoms with Gasteiger partial charge in [0.1, 0.15) is 19.2 Å². The van der Waals surface area contributed by atoms with Crippen molar-refractivity contribution in [3.8, 4) is 5.88 Å². The van der Waals surface area contributed by atoms with Crippen LogP contribution in [0.15, 0.2) is 24.8 Å². The van der Waals surface area contributed by atoms with E-state index in [1.54, 1.807) is 12.4 Å². The molecule has 0 aliphatic rings. The Balaban J connectivity index is 0.000000354. The van der Waals surface area contributed by atoms with E-state index in [-0.39, 0.29) is 26.4 Å². The van der Waals surface area contributed by atoms with Crippen LogP contribution in [0.1, 0.15) is 0 Å². The van der Waals surface area contributed by atoms with Crippen molar-refractivity contribution < 1.29 is 20.1 Å². The maximum atomic E-state index is 8.41. The number of hydrogen-bond donors (Lipinski definition) is 3. The average Bonchev–Trinajstić information content (AvgIpc) is 2.58. The van der Waals surface area contributed by atoms with Gasteiger partial charge in [-0.05, 0) is 45.2 Å². The number of halogens is 3. The lowest BCUT2D eigenvalue weighted by Gasteiger charge is -2.00. The monoisotopic (exact) mass is 568 g/mol. The van der Waals surface area contributed by atoms with Crippen LogP contribution in [0.5, 0.6) is 5.88 Å². The van der Waals surface area contributed by atoms with E-state index in [4.69, 9.17) is 31.7 Å². The highest BCUT2D eigenvalue weighted by molar-refractivity contribution is 14.1. The van der Waals surface area contributed by atoms with Gasteiger partial charge >= 0.3 is 0 Å². The fourth-order valence-corrected chi connectivity index (χ4v) is 1.48. The van der Waals surface area contributed by atoms with Gasteiger partial charge in [-0.3, -0.25) is 0 Å². The zero-order chi connectivity index (χ0) is 17.5. The number of aliphatic hydroxyl groups excluding tert-OH is 3. The first-order valence-corrected chi connectivity index (χ1v) is 8.63. The number of ether oxygens (including phenoxy) is 1. The van der Waals surface area contributed by atoms with E-state index < -0.39 is 0 Å². The van der Waals surface area contributed by atoms with E-state index in [0.29, 0.717) is 11.0 Å². The van der Waals surface area contributed by atoms with Gasteiger partial charge in [0.25, 0.3) is 0 Å². The molecule has 0 saturated heterocycles. The Bertz CT molecular complexity index is 496. The van der Waals surface area contributed by atoms with Crippen LogP contribution in [0.25, 0.3) is 0 Å². The molecule has 0 aliphatic carbocycles. The van der Waals surface area contributed by atoms with E-state index in [1.165, 1.54) is 12.4 Å². The van der Waals surface area contributed by atoms with Crippen LogP contribution >= 0.6 is 56.8 Å². The molecule has 0 fully saturated rings. The van der Waals surface area contributed by atoms with Crippen LogP contribution < -0.4 is 4.74 Å². The van der Waals surface area contributed by atoms with Gasteiger partial charge in [0.05, 0.1) is 44.6 Å². The van der Waals surface area contributed by atoms with Crippen molar-refractivity contribution in [1.82, 2.24) is 19.9 Å². The van der Waals surface area contributed by atoms with Gasteiger partial charge in [-0.2, -0.15) is 0 Å². The topological polar surface area (TPSA) is 121 Å². The number of aliphatic hydroxyl groups is 3. The van der Waals surface area contributed by atoms with Gasteiger partial charge < -0.3 is 20.1 Å². The second kappa shape index (κ2) is 15.1. The zero-order valence-electron chi connectivity index (χ0n) is 11.8. The summed E-state index contributed by atoms with van der Waals surface area (Å²) in [4.78, 5) is 15.5. The highest BCUT2D eigenvalue weighted by atomic mass is 127. The molecule has 11 heteroatoms. The van der Waals surface area contributed by atoms with Crippen molar-refractivity contribution in [3.05, 3.63) is 37.3 Å². The van der Waals surface area contributed by atoms with E-state index in [0.717, 1.165) is 7.40 Å². The highest BCUT2D eigenvalue weighted by Crippen LogP contribution is 2.04. The Labute approximate surface area is 165 Å². The van der Waals surface area contributed by atoms with Crippen LogP contribution in [0.2, 0.25) is 5.15 Å². The molecular weight excluding hydrogens is 553 g/mol. The highest BCUT2D eigenvalue weighted by Gasteiger charge is 1.93. The Kier molecular flexibility index (Phi) is 14.9. The summed E-state index contributed by atoms with van der Waals surface area (Å²) in [5.41, 5.74) is 0. The summed E-state index contributed by atoms with van der Waals surface area (Å²) in [6, 6.07) is 0. The third-order valence-corrected chi connectivity index (χ3v) is 2.94. The zero-order valence-corrected chi connectivity index (χ0v) is 16.9. The maximum absolute atomic E-state index is 8.41. The minimum atomic E-state index is -0.125. The molecule has 2 rings (SSSR count). The Morgan fingerprint density at radius 3 is 1.74 bits per heavy atom. The molecule has 3 N–H and O–H groups in total. The Morgan fingerprint density at radius 2 is 1.39 bits per heavy atom. The first-order valence-electron chi connectivity index (χ1n) is 6.09. The van der Waals surface area contributed by atoms with Gasteiger partial charge in [0, 0.05) is 0 Å². The van der Waals surface area contributed by atoms with Crippen molar-refractivity contribution in [2.75, 3.05) is 26.4 Å². The van der Waals surface area contributed by atoms with Crippen molar-refractivity contribution in [1.29, 1.82) is 0 Å². The van der Waals surface area contributed by atoms with Crippen LogP contribution in [0.3, 0.4) is 0 Å². The van der Waals surface area contributed by atoms with Gasteiger partial charge in [-0.1, -0.05) is 11.6 Å². The predicted octanol–water partition coefficient (Wildman–Crippen LogP) is 1.16. The first-order chi connectivity index (χ1) is 11.0. The van der Waals surface area contributed by atoms with Gasteiger partial charge in [0.15, 0.2) is 0 Å². The van der Waals surface area contributed by atoms with E-state index in [2.05, 4.69) is 65.1 Å². The fourth-order valence-electron chi connectivity index (χ4n) is 0.822. The lowest BCUT2D eigenvalue weighted by Crippen LogP contribution is -2.03. The molecule has 0 amide bonds. The van der Waals surface area contributed by atoms with Crippen molar-refractivity contribution in [2.45, 2.75) is 0 Å². The molecule has 0 spiro atoms. The minimum absolute atomic E-state index is 0.00628. The first kappa shape index (κ1) is 22.6. The summed E-state index contributed by atoms with van der Waals surface area (Å²) >= 11 is 9.55. The molecule has 2 aromatic rings. The van der Waals surface area contributed by atoms with E-state index >= 15 is 0 Å². The van der Waals surface area contributed by atoms with Crippen LogP contribution in [-0.2, 0) is 0 Å². The molecule has 2 heterocycles. The molecule has 0 unspecified atom stereocenters. The molecule has 0 radical (unpaired) electrons. The molecule has 0 atom stereocenters. The number of aromatic nitrogens is 4. The summed E-state index contributed by atoms with van der Waals surface area (Å²) in [5, 5.41) is 24.1. The standard InChI is InChI=1S/C6H7IN2O2.C4H2ClIN2.C2H6O2/c7-5-3-9-6(4-8-5)11-2-1-10;5-3-1-8-4(6)2-7-3;3-1-2-4/h3-4,10H,1-2H2;1-2H;3-4H,1-2H2. The van der Waals surface area contributed by atoms with Crippen LogP contribution in [0, 0.1) is 7.40 Å². The lowest BCUT2D eigenvalue weighted by molar-refractivity contribution is 0.186. The van der Waals surface area contributed by atoms with Crippen molar-refractivity contribution in [3.63, 3.8) is 0 Å². The average molecular weight is 569 g/mol. The van der Waals surface area contributed by atoms with Gasteiger partial charge in [-0.15, -0.1) is 0 Å². The van der Waals surface area contributed by atoms with Crippen molar-refractivity contribution in [2.24, 2.45) is 0 Å². The number of rotatable bonds is 4. The van der Waals surface area contributed by atoms with E-state index in [1.807, 2.05) is 0 Å². The normalized spacial score (nSPS) is 9.13. The third kappa shape index (κ3) is 13.7. The molecule has 0 aromatic carbocycles. The summed E-state index contributed by atoms with van der Waals surface area (Å²) in [6.07, 6.45) is 6.26. The number of hydrogen-bond acceptors (Lipinski definition) is 8.